The van der Waals surface area contributed by atoms with Crippen molar-refractivity contribution in [3.05, 3.63) is 36.5 Å². The van der Waals surface area contributed by atoms with Crippen molar-refractivity contribution in [3.8, 4) is 11.5 Å². The Hall–Kier alpha value is -2.34. The number of fused-ring (bicyclic) bond motifs is 1. The largest absolute Gasteiger partial charge is 0.490 e. The normalized spacial score (nSPS) is 17.0. The van der Waals surface area contributed by atoms with Crippen molar-refractivity contribution in [1.82, 2.24) is 9.29 Å². The maximum Gasteiger partial charge on any atom is 0.244 e. The molecule has 1 fully saturated rings. The molecule has 4 rings (SSSR count). The van der Waals surface area contributed by atoms with Crippen LogP contribution in [0.3, 0.4) is 0 Å². The summed E-state index contributed by atoms with van der Waals surface area (Å²) in [5.41, 5.74) is 0.620. The van der Waals surface area contributed by atoms with E-state index in [1.165, 1.54) is 28.3 Å². The molecule has 166 valence electrons. The number of nitrogens with one attached hydrogen (secondary N) is 1. The van der Waals surface area contributed by atoms with Gasteiger partial charge in [0.1, 0.15) is 4.90 Å². The van der Waals surface area contributed by atoms with Crippen LogP contribution >= 0.6 is 11.8 Å². The number of nitrogens with zero attached hydrogens (tertiary/aromatic N) is 2. The average Bonchev–Trinajstić information content (AvgIpc) is 3.04. The number of anilines is 1. The number of morpholine rings is 1. The molecule has 2 aliphatic heterocycles. The quantitative estimate of drug-likeness (QED) is 0.646. The lowest BCUT2D eigenvalue weighted by Crippen LogP contribution is -2.40. The van der Waals surface area contributed by atoms with Crippen LogP contribution in [0, 0.1) is 0 Å². The molecule has 0 spiro atoms. The SMILES string of the molecule is O=C(CSc1ccc(S(=O)(=O)N2CCOCC2)cn1)Nc1ccc2c(c1)OCCCO2. The molecule has 2 aliphatic rings. The van der Waals surface area contributed by atoms with Crippen molar-refractivity contribution in [2.45, 2.75) is 16.3 Å². The van der Waals surface area contributed by atoms with Crippen LogP contribution in [0.25, 0.3) is 0 Å². The van der Waals surface area contributed by atoms with E-state index in [0.29, 0.717) is 61.7 Å². The van der Waals surface area contributed by atoms with Crippen molar-refractivity contribution in [1.29, 1.82) is 0 Å². The second kappa shape index (κ2) is 9.86. The van der Waals surface area contributed by atoms with Gasteiger partial charge in [-0.25, -0.2) is 13.4 Å². The molecule has 2 aromatic rings. The number of pyridine rings is 1. The number of carbonyl (C=O) groups is 1. The van der Waals surface area contributed by atoms with E-state index in [1.807, 2.05) is 0 Å². The Balaban J connectivity index is 1.32. The predicted octanol–water partition coefficient (Wildman–Crippen LogP) is 1.99. The van der Waals surface area contributed by atoms with Crippen LogP contribution in [-0.2, 0) is 19.6 Å². The fraction of sp³-hybridized carbons (Fsp3) is 0.400. The molecule has 11 heteroatoms. The molecule has 1 aromatic carbocycles. The van der Waals surface area contributed by atoms with Crippen LogP contribution < -0.4 is 14.8 Å². The van der Waals surface area contributed by atoms with Crippen molar-refractivity contribution < 1.29 is 27.4 Å². The predicted molar refractivity (Wildman–Crippen MR) is 115 cm³/mol. The maximum absolute atomic E-state index is 12.6. The summed E-state index contributed by atoms with van der Waals surface area (Å²) in [6.07, 6.45) is 2.14. The number of amides is 1. The highest BCUT2D eigenvalue weighted by Crippen LogP contribution is 2.32. The van der Waals surface area contributed by atoms with E-state index in [1.54, 1.807) is 24.3 Å². The highest BCUT2D eigenvalue weighted by molar-refractivity contribution is 7.99. The summed E-state index contributed by atoms with van der Waals surface area (Å²) in [7, 11) is -3.58. The van der Waals surface area contributed by atoms with Crippen molar-refractivity contribution in [3.63, 3.8) is 0 Å². The number of sulfonamides is 1. The molecule has 0 bridgehead atoms. The van der Waals surface area contributed by atoms with Gasteiger partial charge in [-0.15, -0.1) is 0 Å². The first-order chi connectivity index (χ1) is 15.0. The second-order valence-corrected chi connectivity index (χ2v) is 9.83. The lowest BCUT2D eigenvalue weighted by atomic mass is 10.2. The molecule has 0 aliphatic carbocycles. The molecule has 1 saturated heterocycles. The molecule has 31 heavy (non-hydrogen) atoms. The molecule has 3 heterocycles. The van der Waals surface area contributed by atoms with Crippen molar-refractivity contribution in [2.24, 2.45) is 0 Å². The number of hydrogen-bond donors (Lipinski definition) is 1. The second-order valence-electron chi connectivity index (χ2n) is 6.90. The minimum atomic E-state index is -3.58. The lowest BCUT2D eigenvalue weighted by molar-refractivity contribution is -0.113. The maximum atomic E-state index is 12.6. The van der Waals surface area contributed by atoms with Crippen molar-refractivity contribution >= 4 is 33.4 Å². The molecule has 1 N–H and O–H groups in total. The number of thioether (sulfide) groups is 1. The van der Waals surface area contributed by atoms with Gasteiger partial charge in [0.25, 0.3) is 0 Å². The Morgan fingerprint density at radius 3 is 2.58 bits per heavy atom. The first kappa shape index (κ1) is 21.9. The van der Waals surface area contributed by atoms with E-state index in [2.05, 4.69) is 10.3 Å². The monoisotopic (exact) mass is 465 g/mol. The van der Waals surface area contributed by atoms with Gasteiger partial charge in [-0.1, -0.05) is 11.8 Å². The first-order valence-electron chi connectivity index (χ1n) is 9.89. The molecule has 1 amide bonds. The fourth-order valence-electron chi connectivity index (χ4n) is 3.12. The number of ether oxygens (including phenoxy) is 3. The van der Waals surface area contributed by atoms with Gasteiger partial charge in [0, 0.05) is 37.5 Å². The Kier molecular flexibility index (Phi) is 6.96. The number of hydrogen-bond acceptors (Lipinski definition) is 8. The van der Waals surface area contributed by atoms with Crippen LogP contribution in [0.1, 0.15) is 6.42 Å². The molecule has 0 atom stereocenters. The summed E-state index contributed by atoms with van der Waals surface area (Å²) in [4.78, 5) is 16.6. The van der Waals surface area contributed by atoms with E-state index in [9.17, 15) is 13.2 Å². The summed E-state index contributed by atoms with van der Waals surface area (Å²) < 4.78 is 43.1. The minimum Gasteiger partial charge on any atom is -0.490 e. The minimum absolute atomic E-state index is 0.135. The Labute approximate surface area is 185 Å². The third kappa shape index (κ3) is 5.48. The average molecular weight is 466 g/mol. The van der Waals surface area contributed by atoms with Gasteiger partial charge >= 0.3 is 0 Å². The zero-order valence-electron chi connectivity index (χ0n) is 16.8. The van der Waals surface area contributed by atoms with Gasteiger partial charge in [-0.05, 0) is 24.3 Å². The molecule has 0 unspecified atom stereocenters. The highest BCUT2D eigenvalue weighted by Gasteiger charge is 2.26. The number of benzene rings is 1. The van der Waals surface area contributed by atoms with Gasteiger partial charge in [-0.3, -0.25) is 4.79 Å². The van der Waals surface area contributed by atoms with Gasteiger partial charge in [0.15, 0.2) is 11.5 Å². The number of rotatable bonds is 6. The van der Waals surface area contributed by atoms with E-state index in [4.69, 9.17) is 14.2 Å². The standard InChI is InChI=1S/C20H23N3O6S2/c24-19(22-15-2-4-17-18(12-15)29-9-1-8-28-17)14-30-20-5-3-16(13-21-20)31(25,26)23-6-10-27-11-7-23/h2-5,12-13H,1,6-11,14H2,(H,22,24). The van der Waals surface area contributed by atoms with Crippen molar-refractivity contribution in [2.75, 3.05) is 50.6 Å². The molecule has 1 aromatic heterocycles. The summed E-state index contributed by atoms with van der Waals surface area (Å²) in [6.45, 7) is 2.62. The van der Waals surface area contributed by atoms with Gasteiger partial charge < -0.3 is 19.5 Å². The Morgan fingerprint density at radius 2 is 1.84 bits per heavy atom. The summed E-state index contributed by atoms with van der Waals surface area (Å²) in [6, 6.07) is 8.41. The smallest absolute Gasteiger partial charge is 0.244 e. The lowest BCUT2D eigenvalue weighted by Gasteiger charge is -2.25. The van der Waals surface area contributed by atoms with Crippen LogP contribution in [-0.4, -0.2) is 68.9 Å². The highest BCUT2D eigenvalue weighted by atomic mass is 32.2. The van der Waals surface area contributed by atoms with Gasteiger partial charge in [-0.2, -0.15) is 4.31 Å². The fourth-order valence-corrected chi connectivity index (χ4v) is 5.11. The molecular formula is C20H23N3O6S2. The van der Waals surface area contributed by atoms with Crippen LogP contribution in [0.2, 0.25) is 0 Å². The van der Waals surface area contributed by atoms with E-state index < -0.39 is 10.0 Å². The zero-order chi connectivity index (χ0) is 21.7. The zero-order valence-corrected chi connectivity index (χ0v) is 18.4. The number of aromatic nitrogens is 1. The Bertz CT molecular complexity index is 1020. The summed E-state index contributed by atoms with van der Waals surface area (Å²) in [5, 5.41) is 3.39. The van der Waals surface area contributed by atoms with E-state index in [0.717, 1.165) is 6.42 Å². The number of carbonyl (C=O) groups excluding carboxylic acids is 1. The van der Waals surface area contributed by atoms with Gasteiger partial charge in [0.2, 0.25) is 15.9 Å². The third-order valence-corrected chi connectivity index (χ3v) is 7.53. The molecular weight excluding hydrogens is 442 g/mol. The van der Waals surface area contributed by atoms with Crippen LogP contribution in [0.5, 0.6) is 11.5 Å². The third-order valence-electron chi connectivity index (χ3n) is 4.70. The first-order valence-corrected chi connectivity index (χ1v) is 12.3. The Morgan fingerprint density at radius 1 is 1.06 bits per heavy atom. The molecule has 0 saturated carbocycles. The van der Waals surface area contributed by atoms with E-state index in [-0.39, 0.29) is 16.6 Å². The van der Waals surface area contributed by atoms with E-state index >= 15 is 0 Å². The molecule has 0 radical (unpaired) electrons. The van der Waals surface area contributed by atoms with Crippen LogP contribution in [0.15, 0.2) is 46.5 Å². The molecule has 9 nitrogen and oxygen atoms in total. The summed E-state index contributed by atoms with van der Waals surface area (Å²) >= 11 is 1.23. The summed E-state index contributed by atoms with van der Waals surface area (Å²) in [5.74, 6) is 1.21. The van der Waals surface area contributed by atoms with Gasteiger partial charge in [0.05, 0.1) is 37.2 Å². The topological polar surface area (TPSA) is 107 Å². The van der Waals surface area contributed by atoms with Crippen LogP contribution in [0.4, 0.5) is 5.69 Å².